The summed E-state index contributed by atoms with van der Waals surface area (Å²) in [6.45, 7) is 0. The van der Waals surface area contributed by atoms with E-state index in [0.29, 0.717) is 11.0 Å². The average Bonchev–Trinajstić information content (AvgIpc) is 2.73. The predicted molar refractivity (Wildman–Crippen MR) is 117 cm³/mol. The summed E-state index contributed by atoms with van der Waals surface area (Å²) >= 11 is 5.90. The molecule has 32 heavy (non-hydrogen) atoms. The number of para-hydroxylation sites is 2. The largest absolute Gasteiger partial charge is 0.416 e. The van der Waals surface area contributed by atoms with Crippen molar-refractivity contribution in [3.63, 3.8) is 0 Å². The molecule has 0 radical (unpaired) electrons. The summed E-state index contributed by atoms with van der Waals surface area (Å²) in [5.41, 5.74) is 0.0171. The first-order valence-electron chi connectivity index (χ1n) is 9.11. The van der Waals surface area contributed by atoms with Crippen molar-refractivity contribution in [2.45, 2.75) is 11.1 Å². The van der Waals surface area contributed by atoms with E-state index in [0.717, 1.165) is 12.1 Å². The molecule has 0 saturated heterocycles. The monoisotopic (exact) mass is 478 g/mol. The number of benzene rings is 3. The Hall–Kier alpha value is -3.37. The molecule has 2 N–H and O–H groups in total. The lowest BCUT2D eigenvalue weighted by Gasteiger charge is -2.15. The van der Waals surface area contributed by atoms with Crippen LogP contribution in [0.3, 0.4) is 0 Å². The highest BCUT2D eigenvalue weighted by molar-refractivity contribution is 7.92. The van der Waals surface area contributed by atoms with E-state index < -0.39 is 21.8 Å². The topological polar surface area (TPSA) is 84.0 Å². The van der Waals surface area contributed by atoms with Crippen molar-refractivity contribution in [2.75, 3.05) is 10.0 Å². The highest BCUT2D eigenvalue weighted by Crippen LogP contribution is 2.33. The fraction of sp³-hybridized carbons (Fsp3) is 0.0476. The van der Waals surface area contributed by atoms with Crippen LogP contribution in [0.15, 0.2) is 77.7 Å². The van der Waals surface area contributed by atoms with E-state index in [1.54, 1.807) is 24.3 Å². The molecule has 0 saturated carbocycles. The summed E-state index contributed by atoms with van der Waals surface area (Å²) < 4.78 is 67.3. The quantitative estimate of drug-likeness (QED) is 0.376. The van der Waals surface area contributed by atoms with Gasteiger partial charge in [-0.1, -0.05) is 35.9 Å². The Kier molecular flexibility index (Phi) is 5.66. The van der Waals surface area contributed by atoms with Crippen LogP contribution in [0.2, 0.25) is 5.02 Å². The molecule has 0 amide bonds. The van der Waals surface area contributed by atoms with Crippen LogP contribution in [0, 0.1) is 0 Å². The third-order valence-corrected chi connectivity index (χ3v) is 5.93. The molecule has 0 atom stereocenters. The normalized spacial score (nSPS) is 12.0. The second kappa shape index (κ2) is 8.29. The molecule has 0 unspecified atom stereocenters. The van der Waals surface area contributed by atoms with Gasteiger partial charge in [0, 0.05) is 10.7 Å². The number of nitrogens with one attached hydrogen (secondary N) is 2. The smallest absolute Gasteiger partial charge is 0.337 e. The number of hydrogen-bond acceptors (Lipinski definition) is 5. The zero-order valence-electron chi connectivity index (χ0n) is 16.1. The SMILES string of the molecule is O=S(=O)(Nc1nc2ccccc2nc1Nc1cccc(C(F)(F)F)c1)c1cccc(Cl)c1. The molecule has 1 heterocycles. The van der Waals surface area contributed by atoms with Crippen molar-refractivity contribution in [1.82, 2.24) is 9.97 Å². The number of hydrogen-bond donors (Lipinski definition) is 2. The number of sulfonamides is 1. The molecule has 0 bridgehead atoms. The van der Waals surface area contributed by atoms with Gasteiger partial charge in [0.25, 0.3) is 10.0 Å². The van der Waals surface area contributed by atoms with E-state index in [2.05, 4.69) is 20.0 Å². The Bertz CT molecular complexity index is 1410. The lowest BCUT2D eigenvalue weighted by atomic mass is 10.2. The summed E-state index contributed by atoms with van der Waals surface area (Å²) in [5, 5.41) is 2.96. The minimum Gasteiger partial charge on any atom is -0.337 e. The molecule has 4 aromatic rings. The fourth-order valence-corrected chi connectivity index (χ4v) is 4.20. The van der Waals surface area contributed by atoms with E-state index in [-0.39, 0.29) is 27.2 Å². The molecule has 4 rings (SSSR count). The Labute approximate surface area is 186 Å². The minimum absolute atomic E-state index is 0.0615. The van der Waals surface area contributed by atoms with Gasteiger partial charge in [-0.15, -0.1) is 0 Å². The molecule has 3 aromatic carbocycles. The van der Waals surface area contributed by atoms with Crippen LogP contribution in [0.5, 0.6) is 0 Å². The van der Waals surface area contributed by atoms with E-state index in [4.69, 9.17) is 11.6 Å². The van der Waals surface area contributed by atoms with Crippen molar-refractivity contribution < 1.29 is 21.6 Å². The highest BCUT2D eigenvalue weighted by Gasteiger charge is 2.30. The van der Waals surface area contributed by atoms with Crippen molar-refractivity contribution in [3.8, 4) is 0 Å². The maximum Gasteiger partial charge on any atom is 0.416 e. The van der Waals surface area contributed by atoms with Crippen LogP contribution >= 0.6 is 11.6 Å². The Morgan fingerprint density at radius 1 is 0.812 bits per heavy atom. The molecule has 0 spiro atoms. The maximum atomic E-state index is 13.1. The molecular weight excluding hydrogens is 465 g/mol. The Balaban J connectivity index is 1.78. The molecule has 0 fully saturated rings. The van der Waals surface area contributed by atoms with Crippen LogP contribution in [0.4, 0.5) is 30.5 Å². The molecule has 6 nitrogen and oxygen atoms in total. The zero-order chi connectivity index (χ0) is 22.9. The second-order valence-electron chi connectivity index (χ2n) is 6.68. The summed E-state index contributed by atoms with van der Waals surface area (Å²) in [6, 6.07) is 16.8. The lowest BCUT2D eigenvalue weighted by Crippen LogP contribution is -2.16. The van der Waals surface area contributed by atoms with Crippen LogP contribution in [0.25, 0.3) is 11.0 Å². The number of alkyl halides is 3. The Morgan fingerprint density at radius 3 is 2.12 bits per heavy atom. The number of halogens is 4. The summed E-state index contributed by atoms with van der Waals surface area (Å²) in [5.74, 6) is -0.241. The first kappa shape index (κ1) is 21.8. The first-order valence-corrected chi connectivity index (χ1v) is 11.0. The van der Waals surface area contributed by atoms with Gasteiger partial charge >= 0.3 is 6.18 Å². The average molecular weight is 479 g/mol. The van der Waals surface area contributed by atoms with Gasteiger partial charge in [-0.2, -0.15) is 13.2 Å². The summed E-state index contributed by atoms with van der Waals surface area (Å²) in [6.07, 6.45) is -4.54. The van der Waals surface area contributed by atoms with Gasteiger partial charge in [0.2, 0.25) is 0 Å². The number of fused-ring (bicyclic) bond motifs is 1. The predicted octanol–water partition coefficient (Wildman–Crippen LogP) is 5.85. The third-order valence-electron chi connectivity index (χ3n) is 4.36. The molecule has 0 aliphatic carbocycles. The summed E-state index contributed by atoms with van der Waals surface area (Å²) in [7, 11) is -4.11. The van der Waals surface area contributed by atoms with Gasteiger partial charge < -0.3 is 5.32 Å². The number of anilines is 3. The van der Waals surface area contributed by atoms with Gasteiger partial charge in [-0.3, -0.25) is 4.72 Å². The van der Waals surface area contributed by atoms with Crippen LogP contribution in [-0.2, 0) is 16.2 Å². The number of nitrogens with zero attached hydrogens (tertiary/aromatic N) is 2. The second-order valence-corrected chi connectivity index (χ2v) is 8.79. The van der Waals surface area contributed by atoms with E-state index in [9.17, 15) is 21.6 Å². The van der Waals surface area contributed by atoms with Crippen LogP contribution in [-0.4, -0.2) is 18.4 Å². The highest BCUT2D eigenvalue weighted by atomic mass is 35.5. The van der Waals surface area contributed by atoms with Crippen molar-refractivity contribution in [2.24, 2.45) is 0 Å². The van der Waals surface area contributed by atoms with Crippen LogP contribution < -0.4 is 10.0 Å². The van der Waals surface area contributed by atoms with Crippen molar-refractivity contribution >= 4 is 50.0 Å². The number of aromatic nitrogens is 2. The van der Waals surface area contributed by atoms with Crippen LogP contribution in [0.1, 0.15) is 5.56 Å². The van der Waals surface area contributed by atoms with Gasteiger partial charge in [-0.25, -0.2) is 18.4 Å². The van der Waals surface area contributed by atoms with E-state index in [1.807, 2.05) is 0 Å². The van der Waals surface area contributed by atoms with Crippen molar-refractivity contribution in [3.05, 3.63) is 83.4 Å². The molecular formula is C21H14ClF3N4O2S. The van der Waals surface area contributed by atoms with Gasteiger partial charge in [0.1, 0.15) is 0 Å². The maximum absolute atomic E-state index is 13.1. The molecule has 1 aromatic heterocycles. The van der Waals surface area contributed by atoms with Gasteiger partial charge in [-0.05, 0) is 48.5 Å². The summed E-state index contributed by atoms with van der Waals surface area (Å²) in [4.78, 5) is 8.55. The third kappa shape index (κ3) is 4.76. The first-order chi connectivity index (χ1) is 15.1. The molecule has 0 aliphatic heterocycles. The molecule has 0 aliphatic rings. The number of rotatable bonds is 5. The minimum atomic E-state index is -4.54. The van der Waals surface area contributed by atoms with Gasteiger partial charge in [0.15, 0.2) is 11.6 Å². The standard InChI is InChI=1S/C21H14ClF3N4O2S/c22-14-6-4-8-16(12-14)32(30,31)29-20-19(27-17-9-1-2-10-18(17)28-20)26-15-7-3-5-13(11-15)21(23,24)25/h1-12H,(H,26,27)(H,28,29). The van der Waals surface area contributed by atoms with E-state index >= 15 is 0 Å². The van der Waals surface area contributed by atoms with Gasteiger partial charge in [0.05, 0.1) is 21.5 Å². The lowest BCUT2D eigenvalue weighted by molar-refractivity contribution is -0.137. The van der Waals surface area contributed by atoms with E-state index in [1.165, 1.54) is 36.4 Å². The zero-order valence-corrected chi connectivity index (χ0v) is 17.6. The Morgan fingerprint density at radius 2 is 1.47 bits per heavy atom. The molecule has 164 valence electrons. The molecule has 11 heteroatoms. The fourth-order valence-electron chi connectivity index (χ4n) is 2.89. The van der Waals surface area contributed by atoms with Crippen molar-refractivity contribution in [1.29, 1.82) is 0 Å².